The molecule has 1 aliphatic carbocycles. The standard InChI is InChI=1S/C15H17NO.ClH/c17-14-13-4-2-1-3-11(13)9-12-10-16-7-5-15(12,14)6-8-16;/h1-4,12H,5-10H2;1H. The van der Waals surface area contributed by atoms with Crippen LogP contribution in [0, 0.1) is 11.3 Å². The Kier molecular flexibility index (Phi) is 2.76. The number of fused-ring (bicyclic) bond motifs is 3. The summed E-state index contributed by atoms with van der Waals surface area (Å²) in [6.45, 7) is 3.40. The lowest BCUT2D eigenvalue weighted by Gasteiger charge is -2.55. The van der Waals surface area contributed by atoms with Crippen LogP contribution in [0.2, 0.25) is 0 Å². The van der Waals surface area contributed by atoms with Gasteiger partial charge in [0.05, 0.1) is 0 Å². The molecule has 0 aromatic heterocycles. The lowest BCUT2D eigenvalue weighted by Crippen LogP contribution is -2.60. The van der Waals surface area contributed by atoms with Crippen LogP contribution in [0.4, 0.5) is 0 Å². The van der Waals surface area contributed by atoms with Crippen molar-refractivity contribution in [2.24, 2.45) is 11.3 Å². The summed E-state index contributed by atoms with van der Waals surface area (Å²) < 4.78 is 0. The highest BCUT2D eigenvalue weighted by molar-refractivity contribution is 6.03. The van der Waals surface area contributed by atoms with E-state index in [1.807, 2.05) is 12.1 Å². The van der Waals surface area contributed by atoms with Crippen molar-refractivity contribution in [1.82, 2.24) is 4.90 Å². The quantitative estimate of drug-likeness (QED) is 0.717. The summed E-state index contributed by atoms with van der Waals surface area (Å²) in [5.74, 6) is 1.02. The average Bonchev–Trinajstić information content (AvgIpc) is 2.40. The van der Waals surface area contributed by atoms with E-state index in [0.717, 1.165) is 44.5 Å². The molecule has 1 aromatic carbocycles. The van der Waals surface area contributed by atoms with Gasteiger partial charge in [0.2, 0.25) is 0 Å². The van der Waals surface area contributed by atoms with Gasteiger partial charge in [0.15, 0.2) is 5.78 Å². The van der Waals surface area contributed by atoms with Crippen LogP contribution in [0.25, 0.3) is 0 Å². The first-order valence-electron chi connectivity index (χ1n) is 6.65. The highest BCUT2D eigenvalue weighted by Gasteiger charge is 2.54. The van der Waals surface area contributed by atoms with Gasteiger partial charge in [-0.1, -0.05) is 24.3 Å². The molecule has 3 aliphatic heterocycles. The number of carbonyl (C=O) groups excluding carboxylic acids is 1. The van der Waals surface area contributed by atoms with Gasteiger partial charge in [-0.25, -0.2) is 0 Å². The van der Waals surface area contributed by atoms with Crippen LogP contribution >= 0.6 is 12.4 Å². The molecule has 3 saturated heterocycles. The van der Waals surface area contributed by atoms with E-state index in [1.54, 1.807) is 0 Å². The molecule has 4 aliphatic rings. The zero-order chi connectivity index (χ0) is 11.5. The van der Waals surface area contributed by atoms with Crippen LogP contribution in [0.5, 0.6) is 0 Å². The van der Waals surface area contributed by atoms with E-state index in [0.29, 0.717) is 11.7 Å². The third-order valence-electron chi connectivity index (χ3n) is 5.19. The normalized spacial score (nSPS) is 36.6. The van der Waals surface area contributed by atoms with E-state index in [4.69, 9.17) is 0 Å². The third kappa shape index (κ3) is 1.42. The number of rotatable bonds is 0. The molecular formula is C15H18ClNO. The predicted octanol–water partition coefficient (Wildman–Crippen LogP) is 2.56. The fraction of sp³-hybridized carbons (Fsp3) is 0.533. The Labute approximate surface area is 114 Å². The van der Waals surface area contributed by atoms with Crippen LogP contribution in [0.15, 0.2) is 24.3 Å². The molecule has 3 heterocycles. The minimum Gasteiger partial charge on any atom is -0.303 e. The summed E-state index contributed by atoms with van der Waals surface area (Å²) >= 11 is 0. The Bertz CT molecular complexity index is 491. The molecule has 2 nitrogen and oxygen atoms in total. The van der Waals surface area contributed by atoms with Crippen molar-refractivity contribution in [3.8, 4) is 0 Å². The van der Waals surface area contributed by atoms with E-state index in [-0.39, 0.29) is 17.8 Å². The van der Waals surface area contributed by atoms with Crippen molar-refractivity contribution in [3.05, 3.63) is 35.4 Å². The molecular weight excluding hydrogens is 246 g/mol. The largest absolute Gasteiger partial charge is 0.303 e. The van der Waals surface area contributed by atoms with E-state index in [1.165, 1.54) is 5.56 Å². The van der Waals surface area contributed by atoms with E-state index in [2.05, 4.69) is 17.0 Å². The summed E-state index contributed by atoms with van der Waals surface area (Å²) in [5.41, 5.74) is 2.30. The van der Waals surface area contributed by atoms with Gasteiger partial charge in [0.1, 0.15) is 0 Å². The second-order valence-corrected chi connectivity index (χ2v) is 5.84. The van der Waals surface area contributed by atoms with Crippen molar-refractivity contribution in [1.29, 1.82) is 0 Å². The van der Waals surface area contributed by atoms with Crippen molar-refractivity contribution in [3.63, 3.8) is 0 Å². The van der Waals surface area contributed by atoms with Crippen molar-refractivity contribution in [2.45, 2.75) is 19.3 Å². The molecule has 0 saturated carbocycles. The van der Waals surface area contributed by atoms with E-state index < -0.39 is 0 Å². The van der Waals surface area contributed by atoms with Gasteiger partial charge in [-0.3, -0.25) is 4.79 Å². The monoisotopic (exact) mass is 263 g/mol. The van der Waals surface area contributed by atoms with Crippen molar-refractivity contribution < 1.29 is 4.79 Å². The minimum absolute atomic E-state index is 0. The molecule has 1 unspecified atom stereocenters. The Balaban J connectivity index is 0.000001000. The van der Waals surface area contributed by atoms with Gasteiger partial charge in [0, 0.05) is 17.5 Å². The summed E-state index contributed by atoms with van der Waals surface area (Å²) in [6, 6.07) is 8.23. The highest BCUT2D eigenvalue weighted by atomic mass is 35.5. The number of hydrogen-bond acceptors (Lipinski definition) is 2. The molecule has 3 fully saturated rings. The Morgan fingerprint density at radius 1 is 1.17 bits per heavy atom. The second-order valence-electron chi connectivity index (χ2n) is 5.84. The van der Waals surface area contributed by atoms with Crippen LogP contribution in [-0.2, 0) is 6.42 Å². The molecule has 0 radical (unpaired) electrons. The summed E-state index contributed by atoms with van der Waals surface area (Å²) in [7, 11) is 0. The second kappa shape index (κ2) is 4.07. The molecule has 1 spiro atoms. The summed E-state index contributed by atoms with van der Waals surface area (Å²) in [5, 5.41) is 0. The number of benzene rings is 1. The highest BCUT2D eigenvalue weighted by Crippen LogP contribution is 2.50. The maximum Gasteiger partial charge on any atom is 0.169 e. The predicted molar refractivity (Wildman–Crippen MR) is 73.3 cm³/mol. The Morgan fingerprint density at radius 3 is 2.67 bits per heavy atom. The minimum atomic E-state index is 0. The maximum absolute atomic E-state index is 12.8. The SMILES string of the molecule is Cl.O=C1c2ccccc2CC2CN3CCC12CC3. The summed E-state index contributed by atoms with van der Waals surface area (Å²) in [6.07, 6.45) is 3.29. The Hall–Kier alpha value is -0.860. The zero-order valence-electron chi connectivity index (χ0n) is 10.4. The summed E-state index contributed by atoms with van der Waals surface area (Å²) in [4.78, 5) is 15.3. The van der Waals surface area contributed by atoms with E-state index in [9.17, 15) is 4.79 Å². The van der Waals surface area contributed by atoms with Crippen LogP contribution in [0.3, 0.4) is 0 Å². The van der Waals surface area contributed by atoms with Crippen molar-refractivity contribution >= 4 is 18.2 Å². The van der Waals surface area contributed by atoms with Gasteiger partial charge < -0.3 is 4.90 Å². The van der Waals surface area contributed by atoms with Gasteiger partial charge >= 0.3 is 0 Å². The lowest BCUT2D eigenvalue weighted by atomic mass is 9.56. The van der Waals surface area contributed by atoms with Gasteiger partial charge in [-0.05, 0) is 43.8 Å². The lowest BCUT2D eigenvalue weighted by molar-refractivity contribution is -0.0218. The Morgan fingerprint density at radius 2 is 1.89 bits per heavy atom. The van der Waals surface area contributed by atoms with Crippen LogP contribution in [0.1, 0.15) is 28.8 Å². The number of ketones is 1. The average molecular weight is 264 g/mol. The number of piperidine rings is 3. The van der Waals surface area contributed by atoms with E-state index >= 15 is 0 Å². The zero-order valence-corrected chi connectivity index (χ0v) is 11.2. The number of Topliss-reactive ketones (excluding diaryl/α,β-unsaturated/α-hetero) is 1. The molecule has 18 heavy (non-hydrogen) atoms. The van der Waals surface area contributed by atoms with Gasteiger partial charge in [0.25, 0.3) is 0 Å². The number of hydrogen-bond donors (Lipinski definition) is 0. The third-order valence-corrected chi connectivity index (χ3v) is 5.19. The molecule has 0 amide bonds. The number of carbonyl (C=O) groups is 1. The van der Waals surface area contributed by atoms with Gasteiger partial charge in [-0.15, -0.1) is 12.4 Å². The topological polar surface area (TPSA) is 20.3 Å². The first kappa shape index (κ1) is 12.2. The maximum atomic E-state index is 12.8. The molecule has 96 valence electrons. The molecule has 2 bridgehead atoms. The number of halogens is 1. The molecule has 5 rings (SSSR count). The molecule has 1 atom stereocenters. The van der Waals surface area contributed by atoms with Crippen LogP contribution in [-0.4, -0.2) is 30.3 Å². The fourth-order valence-corrected chi connectivity index (χ4v) is 4.16. The fourth-order valence-electron chi connectivity index (χ4n) is 4.16. The molecule has 3 heteroatoms. The smallest absolute Gasteiger partial charge is 0.169 e. The number of nitrogens with zero attached hydrogens (tertiary/aromatic N) is 1. The first-order valence-corrected chi connectivity index (χ1v) is 6.65. The first-order chi connectivity index (χ1) is 8.29. The molecule has 1 aromatic rings. The molecule has 0 N–H and O–H groups in total. The van der Waals surface area contributed by atoms with Crippen LogP contribution < -0.4 is 0 Å². The van der Waals surface area contributed by atoms with Gasteiger partial charge in [-0.2, -0.15) is 0 Å². The van der Waals surface area contributed by atoms with Crippen molar-refractivity contribution in [2.75, 3.05) is 19.6 Å².